The number of phosphoric acid groups is 1. The molecule has 1 amide bonds. The first-order valence-electron chi connectivity index (χ1n) is 12.6. The predicted octanol–water partition coefficient (Wildman–Crippen LogP) is 7.23. The van der Waals surface area contributed by atoms with Gasteiger partial charge in [-0.1, -0.05) is 67.4 Å². The molecular weight excluding hydrogens is 606 g/mol. The van der Waals surface area contributed by atoms with Crippen LogP contribution in [-0.4, -0.2) is 33.1 Å². The number of likely N-dealkylation sites (N-methyl/N-ethyl adjacent to an activating group) is 1. The molecule has 13 heteroatoms. The Hall–Kier alpha value is -3.32. The smallest absolute Gasteiger partial charge is 0.457 e. The van der Waals surface area contributed by atoms with Gasteiger partial charge in [-0.05, 0) is 48.6 Å². The SMILES string of the molecule is CC1(C)C(C=C(Cl)Cl)C1C(=O)OC(C#N)c1cccc(Oc2ccccc2)c1.CNC(=O)/C=C(\C)OP(=O)(OC)OC. The molecule has 1 aliphatic rings. The summed E-state index contributed by atoms with van der Waals surface area (Å²) in [5.41, 5.74) is 0.231. The molecule has 1 N–H and O–H groups in total. The molecule has 3 atom stereocenters. The first-order valence-corrected chi connectivity index (χ1v) is 14.8. The molecule has 3 rings (SSSR count). The number of allylic oxidation sites excluding steroid dienone is 2. The summed E-state index contributed by atoms with van der Waals surface area (Å²) in [5, 5.41) is 11.9. The number of esters is 1. The van der Waals surface area contributed by atoms with Crippen molar-refractivity contribution in [2.24, 2.45) is 17.3 Å². The third kappa shape index (κ3) is 10.2. The Kier molecular flexibility index (Phi) is 13.1. The van der Waals surface area contributed by atoms with E-state index in [0.717, 1.165) is 6.08 Å². The maximum atomic E-state index is 12.6. The lowest BCUT2D eigenvalue weighted by atomic mass is 10.1. The van der Waals surface area contributed by atoms with Crippen LogP contribution in [0.25, 0.3) is 0 Å². The summed E-state index contributed by atoms with van der Waals surface area (Å²) in [4.78, 5) is 23.5. The standard InChI is InChI=1S/C22H19Cl2NO3.C7H14NO5P/c1-22(2)17(12-19(23)24)20(22)21(26)28-18(13-25)14-7-6-10-16(11-14)27-15-8-4-3-5-9-15;1-6(5-7(9)8-2)13-14(10,11-3)12-4/h3-12,17-18,20H,1-2H3;5H,1-4H3,(H,8,9)/b;6-5+. The fraction of sp³-hybridized carbons (Fsp3) is 0.345. The van der Waals surface area contributed by atoms with Crippen molar-refractivity contribution in [2.75, 3.05) is 21.3 Å². The molecule has 0 bridgehead atoms. The van der Waals surface area contributed by atoms with Gasteiger partial charge in [-0.3, -0.25) is 18.6 Å². The lowest BCUT2D eigenvalue weighted by Crippen LogP contribution is -2.15. The number of hydrogen-bond donors (Lipinski definition) is 1. The van der Waals surface area contributed by atoms with E-state index in [0.29, 0.717) is 17.1 Å². The summed E-state index contributed by atoms with van der Waals surface area (Å²) in [6, 6.07) is 18.3. The normalized spacial score (nSPS) is 17.7. The van der Waals surface area contributed by atoms with Crippen LogP contribution in [0.15, 0.2) is 77.0 Å². The Labute approximate surface area is 255 Å². The van der Waals surface area contributed by atoms with Gasteiger partial charge in [0.1, 0.15) is 27.8 Å². The van der Waals surface area contributed by atoms with Crippen LogP contribution in [0, 0.1) is 28.6 Å². The van der Waals surface area contributed by atoms with Crippen LogP contribution in [-0.2, 0) is 32.5 Å². The molecule has 42 heavy (non-hydrogen) atoms. The van der Waals surface area contributed by atoms with Crippen LogP contribution in [0.5, 0.6) is 11.5 Å². The van der Waals surface area contributed by atoms with E-state index >= 15 is 0 Å². The summed E-state index contributed by atoms with van der Waals surface area (Å²) in [7, 11) is 0.302. The zero-order chi connectivity index (χ0) is 31.5. The van der Waals surface area contributed by atoms with E-state index in [-0.39, 0.29) is 33.4 Å². The summed E-state index contributed by atoms with van der Waals surface area (Å²) >= 11 is 11.5. The van der Waals surface area contributed by atoms with Crippen LogP contribution in [0.2, 0.25) is 0 Å². The number of ether oxygens (including phenoxy) is 2. The highest BCUT2D eigenvalue weighted by molar-refractivity contribution is 7.48. The van der Waals surface area contributed by atoms with Gasteiger partial charge in [0.15, 0.2) is 0 Å². The Bertz CT molecular complexity index is 1380. The molecule has 0 saturated heterocycles. The second kappa shape index (κ2) is 15.8. The Morgan fingerprint density at radius 1 is 1.07 bits per heavy atom. The van der Waals surface area contributed by atoms with Crippen molar-refractivity contribution in [1.82, 2.24) is 5.32 Å². The fourth-order valence-corrected chi connectivity index (χ4v) is 4.88. The number of amides is 1. The topological polar surface area (TPSA) is 133 Å². The van der Waals surface area contributed by atoms with Gasteiger partial charge in [0.05, 0.1) is 5.92 Å². The monoisotopic (exact) mass is 638 g/mol. The lowest BCUT2D eigenvalue weighted by Gasteiger charge is -2.13. The van der Waals surface area contributed by atoms with E-state index in [1.165, 1.54) is 28.2 Å². The quantitative estimate of drug-likeness (QED) is 0.117. The summed E-state index contributed by atoms with van der Waals surface area (Å²) in [6.07, 6.45) is 1.76. The largest absolute Gasteiger partial charge is 0.529 e. The second-order valence-electron chi connectivity index (χ2n) is 9.49. The van der Waals surface area contributed by atoms with Crippen molar-refractivity contribution in [1.29, 1.82) is 5.26 Å². The molecule has 0 heterocycles. The van der Waals surface area contributed by atoms with E-state index in [1.807, 2.05) is 50.2 Å². The number of halogens is 2. The zero-order valence-corrected chi connectivity index (χ0v) is 26.4. The van der Waals surface area contributed by atoms with Crippen molar-refractivity contribution >= 4 is 42.9 Å². The van der Waals surface area contributed by atoms with Gasteiger partial charge < -0.3 is 19.3 Å². The minimum absolute atomic E-state index is 0.114. The van der Waals surface area contributed by atoms with Gasteiger partial charge in [0.25, 0.3) is 0 Å². The molecule has 1 aliphatic carbocycles. The van der Waals surface area contributed by atoms with Crippen LogP contribution in [0.3, 0.4) is 0 Å². The zero-order valence-electron chi connectivity index (χ0n) is 24.0. The third-order valence-electron chi connectivity index (χ3n) is 6.24. The van der Waals surface area contributed by atoms with Gasteiger partial charge in [-0.15, -0.1) is 0 Å². The average Bonchev–Trinajstić information content (AvgIpc) is 3.50. The fourth-order valence-electron chi connectivity index (χ4n) is 3.91. The molecule has 1 saturated carbocycles. The molecule has 226 valence electrons. The number of carbonyl (C=O) groups excluding carboxylic acids is 2. The molecule has 0 radical (unpaired) electrons. The van der Waals surface area contributed by atoms with Crippen LogP contribution in [0.4, 0.5) is 0 Å². The summed E-state index contributed by atoms with van der Waals surface area (Å²) < 4.78 is 36.6. The van der Waals surface area contributed by atoms with Crippen LogP contribution in [0.1, 0.15) is 32.4 Å². The van der Waals surface area contributed by atoms with Gasteiger partial charge >= 0.3 is 13.8 Å². The van der Waals surface area contributed by atoms with Crippen molar-refractivity contribution < 1.29 is 37.2 Å². The summed E-state index contributed by atoms with van der Waals surface area (Å²) in [5.74, 6) is 0.0787. The second-order valence-corrected chi connectivity index (χ2v) is 12.3. The van der Waals surface area contributed by atoms with E-state index < -0.39 is 19.9 Å². The molecule has 2 aromatic carbocycles. The third-order valence-corrected chi connectivity index (χ3v) is 7.90. The molecule has 3 unspecified atom stereocenters. The van der Waals surface area contributed by atoms with Gasteiger partial charge in [0, 0.05) is 32.9 Å². The van der Waals surface area contributed by atoms with Crippen molar-refractivity contribution in [3.8, 4) is 17.6 Å². The Morgan fingerprint density at radius 3 is 2.24 bits per heavy atom. The lowest BCUT2D eigenvalue weighted by molar-refractivity contribution is -0.149. The minimum atomic E-state index is -3.55. The molecule has 1 fully saturated rings. The van der Waals surface area contributed by atoms with Gasteiger partial charge in [0.2, 0.25) is 12.0 Å². The molecule has 0 aromatic heterocycles. The minimum Gasteiger partial charge on any atom is -0.457 e. The number of hydrogen-bond acceptors (Lipinski definition) is 9. The maximum Gasteiger partial charge on any atom is 0.529 e. The molecule has 0 aliphatic heterocycles. The first kappa shape index (κ1) is 34.9. The number of nitriles is 1. The Balaban J connectivity index is 0.000000374. The molecular formula is C29H33Cl2N2O8P. The van der Waals surface area contributed by atoms with Gasteiger partial charge in [-0.2, -0.15) is 5.26 Å². The maximum absolute atomic E-state index is 12.6. The van der Waals surface area contributed by atoms with Crippen molar-refractivity contribution in [3.05, 3.63) is 82.6 Å². The van der Waals surface area contributed by atoms with E-state index in [1.54, 1.807) is 30.3 Å². The number of phosphoric ester groups is 1. The average molecular weight is 639 g/mol. The van der Waals surface area contributed by atoms with E-state index in [4.69, 9.17) is 37.2 Å². The highest BCUT2D eigenvalue weighted by atomic mass is 35.5. The highest BCUT2D eigenvalue weighted by Gasteiger charge is 2.62. The van der Waals surface area contributed by atoms with Crippen molar-refractivity contribution in [2.45, 2.75) is 26.9 Å². The molecule has 0 spiro atoms. The number of para-hydroxylation sites is 1. The molecule has 2 aromatic rings. The number of nitrogens with zero attached hydrogens (tertiary/aromatic N) is 1. The first-order chi connectivity index (χ1) is 19.8. The van der Waals surface area contributed by atoms with Gasteiger partial charge in [-0.25, -0.2) is 4.57 Å². The number of nitrogens with one attached hydrogen (secondary N) is 1. The number of rotatable bonds is 11. The van der Waals surface area contributed by atoms with Crippen LogP contribution < -0.4 is 10.1 Å². The highest BCUT2D eigenvalue weighted by Crippen LogP contribution is 2.60. The number of benzene rings is 2. The summed E-state index contributed by atoms with van der Waals surface area (Å²) in [6.45, 7) is 5.35. The van der Waals surface area contributed by atoms with E-state index in [9.17, 15) is 19.4 Å². The van der Waals surface area contributed by atoms with E-state index in [2.05, 4.69) is 14.4 Å². The van der Waals surface area contributed by atoms with Crippen LogP contribution >= 0.6 is 31.0 Å². The predicted molar refractivity (Wildman–Crippen MR) is 158 cm³/mol. The van der Waals surface area contributed by atoms with Crippen molar-refractivity contribution in [3.63, 3.8) is 0 Å². The number of carbonyl (C=O) groups is 2. The molecule has 10 nitrogen and oxygen atoms in total. The Morgan fingerprint density at radius 2 is 1.69 bits per heavy atom.